The zero-order valence-corrected chi connectivity index (χ0v) is 19.1. The van der Waals surface area contributed by atoms with Gasteiger partial charge in [-0.3, -0.25) is 0 Å². The van der Waals surface area contributed by atoms with Crippen molar-refractivity contribution in [3.8, 4) is 40.5 Å². The van der Waals surface area contributed by atoms with E-state index in [0.29, 0.717) is 50.4 Å². The Morgan fingerprint density at radius 2 is 1.76 bits per heavy atom. The fourth-order valence-corrected chi connectivity index (χ4v) is 4.25. The number of rotatable bonds is 6. The molecular weight excluding hydrogens is 453 g/mol. The van der Waals surface area contributed by atoms with Gasteiger partial charge >= 0.3 is 0 Å². The van der Waals surface area contributed by atoms with Crippen LogP contribution in [0.2, 0.25) is 0 Å². The zero-order valence-electron chi connectivity index (χ0n) is 18.3. The fourth-order valence-electron chi connectivity index (χ4n) is 3.37. The summed E-state index contributed by atoms with van der Waals surface area (Å²) in [5.74, 6) is 1.10. The van der Waals surface area contributed by atoms with Crippen molar-refractivity contribution in [2.45, 2.75) is 17.7 Å². The molecule has 0 saturated heterocycles. The predicted octanol–water partition coefficient (Wildman–Crippen LogP) is 5.48. The van der Waals surface area contributed by atoms with Gasteiger partial charge in [0.25, 0.3) is 0 Å². The molecular formula is C25H18FN5O2S. The van der Waals surface area contributed by atoms with Crippen LogP contribution in [0, 0.1) is 35.4 Å². The average Bonchev–Trinajstić information content (AvgIpc) is 3.33. The Labute approximate surface area is 199 Å². The van der Waals surface area contributed by atoms with Crippen molar-refractivity contribution in [1.29, 1.82) is 10.5 Å². The molecule has 0 fully saturated rings. The predicted molar refractivity (Wildman–Crippen MR) is 126 cm³/mol. The summed E-state index contributed by atoms with van der Waals surface area (Å²) >= 11 is 1.26. The monoisotopic (exact) mass is 471 g/mol. The summed E-state index contributed by atoms with van der Waals surface area (Å²) in [6, 6.07) is 15.9. The SMILES string of the molecule is COc1ccc(-c2c(C#N)c(N)nc(SCc3coc(-c4ccc(F)c(C)c4)n3)c2C#N)cc1. The summed E-state index contributed by atoms with van der Waals surface area (Å²) in [5, 5.41) is 20.0. The van der Waals surface area contributed by atoms with E-state index in [0.717, 1.165) is 0 Å². The van der Waals surface area contributed by atoms with Crippen LogP contribution in [0.15, 0.2) is 58.2 Å². The lowest BCUT2D eigenvalue weighted by Crippen LogP contribution is -2.03. The number of nitrogens with zero attached hydrogens (tertiary/aromatic N) is 4. The Morgan fingerprint density at radius 3 is 2.41 bits per heavy atom. The lowest BCUT2D eigenvalue weighted by molar-refractivity contribution is 0.415. The van der Waals surface area contributed by atoms with Gasteiger partial charge in [-0.25, -0.2) is 14.4 Å². The maximum absolute atomic E-state index is 13.6. The Hall–Kier alpha value is -4.34. The van der Waals surface area contributed by atoms with Crippen molar-refractivity contribution >= 4 is 17.6 Å². The summed E-state index contributed by atoms with van der Waals surface area (Å²) in [6.45, 7) is 1.67. The molecule has 7 nitrogen and oxygen atoms in total. The lowest BCUT2D eigenvalue weighted by atomic mass is 9.97. The number of hydrogen-bond acceptors (Lipinski definition) is 8. The van der Waals surface area contributed by atoms with Gasteiger partial charge in [0.15, 0.2) is 0 Å². The number of pyridine rings is 1. The van der Waals surface area contributed by atoms with Gasteiger partial charge < -0.3 is 14.9 Å². The van der Waals surface area contributed by atoms with Crippen LogP contribution in [0.5, 0.6) is 5.75 Å². The molecule has 0 unspecified atom stereocenters. The number of thioether (sulfide) groups is 1. The van der Waals surface area contributed by atoms with Crippen molar-refractivity contribution in [2.75, 3.05) is 12.8 Å². The molecule has 2 heterocycles. The number of halogens is 1. The number of nitrogen functional groups attached to an aromatic ring is 1. The molecule has 0 bridgehead atoms. The number of methoxy groups -OCH3 is 1. The van der Waals surface area contributed by atoms with Crippen LogP contribution in [0.4, 0.5) is 10.2 Å². The maximum Gasteiger partial charge on any atom is 0.226 e. The minimum Gasteiger partial charge on any atom is -0.497 e. The molecule has 34 heavy (non-hydrogen) atoms. The quantitative estimate of drug-likeness (QED) is 0.367. The van der Waals surface area contributed by atoms with Gasteiger partial charge in [0.2, 0.25) is 5.89 Å². The van der Waals surface area contributed by atoms with E-state index in [-0.39, 0.29) is 22.8 Å². The van der Waals surface area contributed by atoms with Gasteiger partial charge in [-0.15, -0.1) is 0 Å². The first-order valence-electron chi connectivity index (χ1n) is 10.1. The van der Waals surface area contributed by atoms with E-state index < -0.39 is 0 Å². The van der Waals surface area contributed by atoms with Gasteiger partial charge in [-0.05, 0) is 48.4 Å². The largest absolute Gasteiger partial charge is 0.497 e. The summed E-state index contributed by atoms with van der Waals surface area (Å²) in [7, 11) is 1.56. The molecule has 9 heteroatoms. The van der Waals surface area contributed by atoms with Crippen molar-refractivity contribution in [3.63, 3.8) is 0 Å². The third-order valence-corrected chi connectivity index (χ3v) is 6.12. The van der Waals surface area contributed by atoms with E-state index in [4.69, 9.17) is 14.9 Å². The minimum absolute atomic E-state index is 0.0393. The highest BCUT2D eigenvalue weighted by Crippen LogP contribution is 2.37. The maximum atomic E-state index is 13.6. The Kier molecular flexibility index (Phi) is 6.48. The van der Waals surface area contributed by atoms with Crippen molar-refractivity contribution < 1.29 is 13.5 Å². The number of anilines is 1. The summed E-state index contributed by atoms with van der Waals surface area (Å²) in [4.78, 5) is 8.77. The summed E-state index contributed by atoms with van der Waals surface area (Å²) < 4.78 is 24.3. The third-order valence-electron chi connectivity index (χ3n) is 5.11. The molecule has 0 amide bonds. The summed E-state index contributed by atoms with van der Waals surface area (Å²) in [5.41, 5.74) is 9.31. The second kappa shape index (κ2) is 9.65. The van der Waals surface area contributed by atoms with Crippen molar-refractivity contribution in [1.82, 2.24) is 9.97 Å². The van der Waals surface area contributed by atoms with Crippen LogP contribution < -0.4 is 10.5 Å². The van der Waals surface area contributed by atoms with Crippen molar-refractivity contribution in [2.24, 2.45) is 0 Å². The van der Waals surface area contributed by atoms with E-state index in [9.17, 15) is 14.9 Å². The second-order valence-electron chi connectivity index (χ2n) is 7.28. The van der Waals surface area contributed by atoms with Gasteiger partial charge in [0, 0.05) is 16.9 Å². The molecule has 2 N–H and O–H groups in total. The van der Waals surface area contributed by atoms with Gasteiger partial charge in [-0.1, -0.05) is 23.9 Å². The van der Waals surface area contributed by atoms with Crippen LogP contribution in [-0.4, -0.2) is 17.1 Å². The molecule has 2 aromatic carbocycles. The standard InChI is InChI=1S/C25H18FN5O2S/c1-14-9-16(5-8-21(14)26)24-30-17(12-33-24)13-34-25-20(11-28)22(19(10-27)23(29)31-25)15-3-6-18(32-2)7-4-15/h3-9,12H,13H2,1-2H3,(H2,29,31). The van der Waals surface area contributed by atoms with Gasteiger partial charge in [0.1, 0.15) is 46.4 Å². The summed E-state index contributed by atoms with van der Waals surface area (Å²) in [6.07, 6.45) is 1.50. The van der Waals surface area contributed by atoms with E-state index in [1.165, 1.54) is 24.1 Å². The number of ether oxygens (including phenoxy) is 1. The highest BCUT2D eigenvalue weighted by Gasteiger charge is 2.21. The van der Waals surface area contributed by atoms with Crippen LogP contribution >= 0.6 is 11.8 Å². The minimum atomic E-state index is -0.299. The number of hydrogen-bond donors (Lipinski definition) is 1. The number of nitrogens with two attached hydrogens (primary N) is 1. The smallest absolute Gasteiger partial charge is 0.226 e. The van der Waals surface area contributed by atoms with E-state index in [1.54, 1.807) is 50.4 Å². The normalized spacial score (nSPS) is 10.5. The Bertz CT molecular complexity index is 1450. The highest BCUT2D eigenvalue weighted by molar-refractivity contribution is 7.98. The molecule has 0 saturated carbocycles. The topological polar surface area (TPSA) is 122 Å². The molecule has 168 valence electrons. The average molecular weight is 472 g/mol. The van der Waals surface area contributed by atoms with Crippen LogP contribution in [0.25, 0.3) is 22.6 Å². The molecule has 2 aromatic heterocycles. The molecule has 0 aliphatic heterocycles. The number of nitriles is 2. The van der Waals surface area contributed by atoms with E-state index >= 15 is 0 Å². The fraction of sp³-hybridized carbons (Fsp3) is 0.120. The van der Waals surface area contributed by atoms with Crippen LogP contribution in [0.1, 0.15) is 22.4 Å². The molecule has 0 spiro atoms. The first kappa shape index (κ1) is 22.8. The molecule has 4 rings (SSSR count). The van der Waals surface area contributed by atoms with E-state index in [2.05, 4.69) is 22.1 Å². The van der Waals surface area contributed by atoms with Crippen molar-refractivity contribution in [3.05, 3.63) is 76.9 Å². The molecule has 0 aliphatic carbocycles. The highest BCUT2D eigenvalue weighted by atomic mass is 32.2. The molecule has 4 aromatic rings. The lowest BCUT2D eigenvalue weighted by Gasteiger charge is -2.13. The molecule has 0 atom stereocenters. The first-order chi connectivity index (χ1) is 16.4. The van der Waals surface area contributed by atoms with Crippen LogP contribution in [-0.2, 0) is 5.75 Å². The number of benzene rings is 2. The molecule has 0 radical (unpaired) electrons. The number of aromatic nitrogens is 2. The van der Waals surface area contributed by atoms with Crippen LogP contribution in [0.3, 0.4) is 0 Å². The number of oxazole rings is 1. The second-order valence-corrected chi connectivity index (χ2v) is 8.24. The molecule has 0 aliphatic rings. The zero-order chi connectivity index (χ0) is 24.2. The first-order valence-corrected chi connectivity index (χ1v) is 11.1. The third kappa shape index (κ3) is 4.42. The Balaban J connectivity index is 1.66. The van der Waals surface area contributed by atoms with Gasteiger partial charge in [-0.2, -0.15) is 10.5 Å². The van der Waals surface area contributed by atoms with E-state index in [1.807, 2.05) is 0 Å². The van der Waals surface area contributed by atoms with Gasteiger partial charge in [0.05, 0.1) is 18.4 Å². The number of aryl methyl sites for hydroxylation is 1. The Morgan fingerprint density at radius 1 is 1.06 bits per heavy atom.